The average molecular weight is 269 g/mol. The summed E-state index contributed by atoms with van der Waals surface area (Å²) in [6.45, 7) is 10.7. The molecule has 6 heteroatoms. The zero-order chi connectivity index (χ0) is 13.9. The standard InChI is InChI=1S/C13H24N4O2/c1-3-11(2)14-13(19)15-12(18)10-17-7-4-16(5-8-17)6-9-17/h11H,3-10H2,1-2H3,(H-,14,15,18,19)/p+1/t11-/m0/s1. The SMILES string of the molecule is CC[C@H](C)NC(=O)NC(=O)C[N+]12CCN(CC1)CC2. The fourth-order valence-electron chi connectivity index (χ4n) is 2.80. The molecule has 2 N–H and O–H groups in total. The molecule has 3 amide bonds. The Kier molecular flexibility index (Phi) is 4.42. The highest BCUT2D eigenvalue weighted by atomic mass is 16.2. The second-order valence-corrected chi connectivity index (χ2v) is 5.84. The number of amides is 3. The van der Waals surface area contributed by atoms with E-state index in [2.05, 4.69) is 15.5 Å². The Bertz CT molecular complexity index is 337. The largest absolute Gasteiger partial charge is 0.335 e. The maximum absolute atomic E-state index is 12.0. The molecular weight excluding hydrogens is 244 g/mol. The molecule has 19 heavy (non-hydrogen) atoms. The van der Waals surface area contributed by atoms with Crippen molar-refractivity contribution >= 4 is 11.9 Å². The first-order valence-corrected chi connectivity index (χ1v) is 7.21. The summed E-state index contributed by atoms with van der Waals surface area (Å²) in [7, 11) is 0. The molecule has 0 aromatic rings. The van der Waals surface area contributed by atoms with E-state index in [1.807, 2.05) is 13.8 Å². The molecule has 6 nitrogen and oxygen atoms in total. The molecular formula is C13H25N4O2+. The maximum atomic E-state index is 12.0. The van der Waals surface area contributed by atoms with E-state index < -0.39 is 0 Å². The molecule has 0 aromatic heterocycles. The maximum Gasteiger partial charge on any atom is 0.321 e. The molecule has 3 aliphatic rings. The van der Waals surface area contributed by atoms with Gasteiger partial charge in [0.25, 0.3) is 5.91 Å². The van der Waals surface area contributed by atoms with Gasteiger partial charge in [-0.05, 0) is 13.3 Å². The van der Waals surface area contributed by atoms with Crippen LogP contribution in [0.15, 0.2) is 0 Å². The van der Waals surface area contributed by atoms with Crippen LogP contribution in [-0.2, 0) is 4.79 Å². The van der Waals surface area contributed by atoms with E-state index in [9.17, 15) is 9.59 Å². The van der Waals surface area contributed by atoms with Gasteiger partial charge in [-0.1, -0.05) is 6.92 Å². The average Bonchev–Trinajstić information content (AvgIpc) is 2.39. The first-order valence-electron chi connectivity index (χ1n) is 7.21. The highest BCUT2D eigenvalue weighted by Crippen LogP contribution is 2.18. The molecule has 0 unspecified atom stereocenters. The minimum atomic E-state index is -0.367. The molecule has 0 saturated carbocycles. The molecule has 3 saturated heterocycles. The van der Waals surface area contributed by atoms with E-state index >= 15 is 0 Å². The van der Waals surface area contributed by atoms with Crippen molar-refractivity contribution in [1.82, 2.24) is 15.5 Å². The van der Waals surface area contributed by atoms with Crippen LogP contribution < -0.4 is 10.6 Å². The molecule has 2 bridgehead atoms. The summed E-state index contributed by atoms with van der Waals surface area (Å²) in [5.74, 6) is -0.156. The minimum Gasteiger partial charge on any atom is -0.335 e. The van der Waals surface area contributed by atoms with Gasteiger partial charge in [0, 0.05) is 25.7 Å². The van der Waals surface area contributed by atoms with Crippen LogP contribution in [0.3, 0.4) is 0 Å². The van der Waals surface area contributed by atoms with E-state index in [0.29, 0.717) is 6.54 Å². The van der Waals surface area contributed by atoms with Crippen molar-refractivity contribution in [1.29, 1.82) is 0 Å². The third kappa shape index (κ3) is 3.67. The molecule has 3 aliphatic heterocycles. The first kappa shape index (κ1) is 14.3. The Morgan fingerprint density at radius 1 is 1.21 bits per heavy atom. The Morgan fingerprint density at radius 2 is 1.79 bits per heavy atom. The van der Waals surface area contributed by atoms with Gasteiger partial charge in [0.15, 0.2) is 6.54 Å². The Morgan fingerprint density at radius 3 is 2.32 bits per heavy atom. The highest BCUT2D eigenvalue weighted by Gasteiger charge is 2.39. The van der Waals surface area contributed by atoms with Gasteiger partial charge in [0.1, 0.15) is 0 Å². The Balaban J connectivity index is 1.79. The number of urea groups is 1. The van der Waals surface area contributed by atoms with Gasteiger partial charge in [-0.2, -0.15) is 0 Å². The number of rotatable bonds is 4. The highest BCUT2D eigenvalue weighted by molar-refractivity contribution is 5.94. The summed E-state index contributed by atoms with van der Waals surface area (Å²) >= 11 is 0. The van der Waals surface area contributed by atoms with Crippen LogP contribution in [0.2, 0.25) is 0 Å². The van der Waals surface area contributed by atoms with Crippen molar-refractivity contribution in [3.05, 3.63) is 0 Å². The fourth-order valence-corrected chi connectivity index (χ4v) is 2.80. The van der Waals surface area contributed by atoms with Gasteiger partial charge in [-0.15, -0.1) is 0 Å². The number of carbonyl (C=O) groups excluding carboxylic acids is 2. The molecule has 3 rings (SSSR count). The smallest absolute Gasteiger partial charge is 0.321 e. The van der Waals surface area contributed by atoms with Crippen LogP contribution >= 0.6 is 0 Å². The van der Waals surface area contributed by atoms with Crippen molar-refractivity contribution in [2.75, 3.05) is 45.8 Å². The third-order valence-corrected chi connectivity index (χ3v) is 4.39. The predicted molar refractivity (Wildman–Crippen MR) is 72.6 cm³/mol. The van der Waals surface area contributed by atoms with E-state index in [4.69, 9.17) is 0 Å². The van der Waals surface area contributed by atoms with Crippen molar-refractivity contribution < 1.29 is 14.1 Å². The van der Waals surface area contributed by atoms with E-state index in [1.54, 1.807) is 0 Å². The second-order valence-electron chi connectivity index (χ2n) is 5.84. The number of quaternary nitrogens is 1. The van der Waals surface area contributed by atoms with Crippen molar-refractivity contribution in [2.24, 2.45) is 0 Å². The van der Waals surface area contributed by atoms with Gasteiger partial charge >= 0.3 is 6.03 Å². The normalized spacial score (nSPS) is 30.7. The number of nitrogens with one attached hydrogen (secondary N) is 2. The molecule has 0 aliphatic carbocycles. The molecule has 0 radical (unpaired) electrons. The summed E-state index contributed by atoms with van der Waals surface area (Å²) in [5.41, 5.74) is 0. The summed E-state index contributed by atoms with van der Waals surface area (Å²) in [4.78, 5) is 26.0. The molecule has 0 aromatic carbocycles. The van der Waals surface area contributed by atoms with Crippen LogP contribution in [0.1, 0.15) is 20.3 Å². The molecule has 3 fully saturated rings. The number of piperazine rings is 3. The lowest BCUT2D eigenvalue weighted by molar-refractivity contribution is -0.933. The van der Waals surface area contributed by atoms with Gasteiger partial charge in [-0.3, -0.25) is 15.0 Å². The summed E-state index contributed by atoms with van der Waals surface area (Å²) in [6.07, 6.45) is 0.859. The zero-order valence-electron chi connectivity index (χ0n) is 11.9. The van der Waals surface area contributed by atoms with E-state index in [1.165, 1.54) is 0 Å². The number of nitrogens with zero attached hydrogens (tertiary/aromatic N) is 2. The van der Waals surface area contributed by atoms with Gasteiger partial charge < -0.3 is 9.80 Å². The number of hydrogen-bond acceptors (Lipinski definition) is 3. The van der Waals surface area contributed by atoms with E-state index in [-0.39, 0.29) is 18.0 Å². The second kappa shape index (κ2) is 5.88. The lowest BCUT2D eigenvalue weighted by atomic mass is 10.1. The summed E-state index contributed by atoms with van der Waals surface area (Å²) < 4.78 is 0.846. The van der Waals surface area contributed by atoms with Crippen LogP contribution in [0, 0.1) is 0 Å². The predicted octanol–water partition coefficient (Wildman–Crippen LogP) is -0.243. The Hall–Kier alpha value is -1.14. The summed E-state index contributed by atoms with van der Waals surface area (Å²) in [6, 6.07) is -0.272. The number of imide groups is 1. The number of carbonyl (C=O) groups is 2. The van der Waals surface area contributed by atoms with Crippen LogP contribution in [0.4, 0.5) is 4.79 Å². The first-order chi connectivity index (χ1) is 9.03. The monoisotopic (exact) mass is 269 g/mol. The summed E-state index contributed by atoms with van der Waals surface area (Å²) in [5, 5.41) is 5.20. The van der Waals surface area contributed by atoms with Gasteiger partial charge in [-0.25, -0.2) is 4.79 Å². The van der Waals surface area contributed by atoms with Crippen LogP contribution in [0.25, 0.3) is 0 Å². The molecule has 3 heterocycles. The van der Waals surface area contributed by atoms with Crippen molar-refractivity contribution in [2.45, 2.75) is 26.3 Å². The quantitative estimate of drug-likeness (QED) is 0.692. The van der Waals surface area contributed by atoms with Gasteiger partial charge in [0.05, 0.1) is 19.6 Å². The molecule has 108 valence electrons. The number of fused-ring (bicyclic) bond motifs is 3. The lowest BCUT2D eigenvalue weighted by Crippen LogP contribution is -2.69. The third-order valence-electron chi connectivity index (χ3n) is 4.39. The molecule has 1 atom stereocenters. The number of hydrogen-bond donors (Lipinski definition) is 2. The van der Waals surface area contributed by atoms with Crippen molar-refractivity contribution in [3.8, 4) is 0 Å². The Labute approximate surface area is 114 Å². The van der Waals surface area contributed by atoms with Crippen LogP contribution in [-0.4, -0.2) is 73.2 Å². The molecule has 0 spiro atoms. The fraction of sp³-hybridized carbons (Fsp3) is 0.846. The van der Waals surface area contributed by atoms with Gasteiger partial charge in [0.2, 0.25) is 0 Å². The zero-order valence-corrected chi connectivity index (χ0v) is 11.9. The van der Waals surface area contributed by atoms with E-state index in [0.717, 1.165) is 50.2 Å². The topological polar surface area (TPSA) is 61.4 Å². The lowest BCUT2D eigenvalue weighted by Gasteiger charge is -2.49. The van der Waals surface area contributed by atoms with Crippen LogP contribution in [0.5, 0.6) is 0 Å². The van der Waals surface area contributed by atoms with Crippen molar-refractivity contribution in [3.63, 3.8) is 0 Å². The minimum absolute atomic E-state index is 0.0957.